The third kappa shape index (κ3) is 4.90. The first-order valence-corrected chi connectivity index (χ1v) is 10.4. The number of carbonyl (C=O) groups excluding carboxylic acids is 4. The molecule has 1 saturated heterocycles. The van der Waals surface area contributed by atoms with E-state index < -0.39 is 29.9 Å². The molecule has 2 aliphatic rings. The predicted octanol–water partition coefficient (Wildman–Crippen LogP) is 1.45. The molecule has 1 spiro atoms. The Morgan fingerprint density at radius 2 is 1.73 bits per heavy atom. The maximum Gasteiger partial charge on any atom is 0.325 e. The van der Waals surface area contributed by atoms with Crippen LogP contribution in [0.4, 0.5) is 10.5 Å². The van der Waals surface area contributed by atoms with Crippen molar-refractivity contribution in [3.05, 3.63) is 29.8 Å². The average molecular weight is 415 g/mol. The van der Waals surface area contributed by atoms with Gasteiger partial charge in [-0.25, -0.2) is 4.79 Å². The van der Waals surface area contributed by atoms with E-state index in [2.05, 4.69) is 28.4 Å². The highest BCUT2D eigenvalue weighted by atomic mass is 16.2. The zero-order valence-electron chi connectivity index (χ0n) is 17.4. The molecule has 9 nitrogen and oxygen atoms in total. The standard InChI is InChI=1S/C21H29N5O4/c1-3-15-8-10-21(11-9-15)19(29)26(20(30)23-21)13-18(28)25-24-17(27)12-22-16-6-4-14(2)5-7-16/h4-7,15,22H,3,8-13H2,1-2H3,(H,23,30)(H,24,27)(H,25,28). The summed E-state index contributed by atoms with van der Waals surface area (Å²) in [6.07, 6.45) is 4.01. The van der Waals surface area contributed by atoms with E-state index in [0.717, 1.165) is 35.4 Å². The lowest BCUT2D eigenvalue weighted by Gasteiger charge is -2.34. The summed E-state index contributed by atoms with van der Waals surface area (Å²) in [5, 5.41) is 5.72. The van der Waals surface area contributed by atoms with E-state index in [0.29, 0.717) is 18.8 Å². The van der Waals surface area contributed by atoms with E-state index in [1.54, 1.807) is 0 Å². The van der Waals surface area contributed by atoms with Crippen LogP contribution in [0.5, 0.6) is 0 Å². The van der Waals surface area contributed by atoms with Crippen molar-refractivity contribution in [3.63, 3.8) is 0 Å². The van der Waals surface area contributed by atoms with Crippen LogP contribution in [0.2, 0.25) is 0 Å². The quantitative estimate of drug-likeness (QED) is 0.414. The third-order valence-electron chi connectivity index (χ3n) is 5.93. The van der Waals surface area contributed by atoms with Crippen LogP contribution in [-0.4, -0.2) is 47.3 Å². The lowest BCUT2D eigenvalue weighted by Crippen LogP contribution is -2.51. The molecular weight excluding hydrogens is 386 g/mol. The van der Waals surface area contributed by atoms with Gasteiger partial charge in [0.15, 0.2) is 0 Å². The van der Waals surface area contributed by atoms with Gasteiger partial charge >= 0.3 is 6.03 Å². The van der Waals surface area contributed by atoms with Gasteiger partial charge in [0, 0.05) is 5.69 Å². The number of nitrogens with zero attached hydrogens (tertiary/aromatic N) is 1. The molecule has 4 N–H and O–H groups in total. The minimum absolute atomic E-state index is 0.0336. The molecule has 0 radical (unpaired) electrons. The second-order valence-electron chi connectivity index (χ2n) is 8.07. The van der Waals surface area contributed by atoms with E-state index in [9.17, 15) is 19.2 Å². The zero-order chi connectivity index (χ0) is 21.7. The number of nitrogens with one attached hydrogen (secondary N) is 4. The molecule has 0 atom stereocenters. The van der Waals surface area contributed by atoms with Crippen molar-refractivity contribution in [1.29, 1.82) is 0 Å². The van der Waals surface area contributed by atoms with Crippen LogP contribution in [0.25, 0.3) is 0 Å². The van der Waals surface area contributed by atoms with Crippen molar-refractivity contribution in [3.8, 4) is 0 Å². The van der Waals surface area contributed by atoms with Crippen LogP contribution in [0.15, 0.2) is 24.3 Å². The Hall–Kier alpha value is -3.10. The fourth-order valence-corrected chi connectivity index (χ4v) is 3.96. The molecule has 1 aliphatic carbocycles. The number of amides is 5. The molecule has 9 heteroatoms. The van der Waals surface area contributed by atoms with E-state index in [4.69, 9.17) is 0 Å². The first kappa shape index (κ1) is 21.6. The fourth-order valence-electron chi connectivity index (χ4n) is 3.96. The van der Waals surface area contributed by atoms with Crippen LogP contribution in [0.3, 0.4) is 0 Å². The first-order valence-electron chi connectivity index (χ1n) is 10.4. The van der Waals surface area contributed by atoms with Crippen molar-refractivity contribution in [2.24, 2.45) is 5.92 Å². The van der Waals surface area contributed by atoms with Crippen LogP contribution in [0.1, 0.15) is 44.6 Å². The molecule has 1 saturated carbocycles. The predicted molar refractivity (Wildman–Crippen MR) is 111 cm³/mol. The van der Waals surface area contributed by atoms with Crippen molar-refractivity contribution in [2.75, 3.05) is 18.4 Å². The minimum atomic E-state index is -0.885. The highest BCUT2D eigenvalue weighted by Gasteiger charge is 2.52. The summed E-state index contributed by atoms with van der Waals surface area (Å²) < 4.78 is 0. The first-order chi connectivity index (χ1) is 14.3. The molecule has 1 aromatic carbocycles. The van der Waals surface area contributed by atoms with Gasteiger partial charge in [0.2, 0.25) is 0 Å². The second kappa shape index (κ2) is 9.15. The summed E-state index contributed by atoms with van der Waals surface area (Å²) in [5.41, 5.74) is 5.54. The van der Waals surface area contributed by atoms with Gasteiger partial charge in [-0.15, -0.1) is 0 Å². The maximum absolute atomic E-state index is 12.8. The van der Waals surface area contributed by atoms with Gasteiger partial charge in [-0.3, -0.25) is 30.1 Å². The lowest BCUT2D eigenvalue weighted by molar-refractivity contribution is -0.136. The summed E-state index contributed by atoms with van der Waals surface area (Å²) in [5.74, 6) is -0.872. The Kier molecular flexibility index (Phi) is 6.59. The van der Waals surface area contributed by atoms with Gasteiger partial charge in [0.05, 0.1) is 6.54 Å². The molecule has 1 aromatic rings. The van der Waals surface area contributed by atoms with Gasteiger partial charge < -0.3 is 10.6 Å². The Labute approximate surface area is 175 Å². The van der Waals surface area contributed by atoms with Crippen molar-refractivity contribution in [1.82, 2.24) is 21.1 Å². The molecule has 5 amide bonds. The van der Waals surface area contributed by atoms with E-state index in [-0.39, 0.29) is 12.5 Å². The smallest absolute Gasteiger partial charge is 0.325 e. The molecule has 2 fully saturated rings. The maximum atomic E-state index is 12.8. The van der Waals surface area contributed by atoms with Crippen LogP contribution in [-0.2, 0) is 14.4 Å². The molecular formula is C21H29N5O4. The molecule has 162 valence electrons. The number of anilines is 1. The van der Waals surface area contributed by atoms with Crippen LogP contribution < -0.4 is 21.5 Å². The Bertz CT molecular complexity index is 815. The summed E-state index contributed by atoms with van der Waals surface area (Å²) in [7, 11) is 0. The number of benzene rings is 1. The number of urea groups is 1. The van der Waals surface area contributed by atoms with Crippen LogP contribution >= 0.6 is 0 Å². The van der Waals surface area contributed by atoms with Crippen molar-refractivity contribution < 1.29 is 19.2 Å². The summed E-state index contributed by atoms with van der Waals surface area (Å²) in [6.45, 7) is 3.62. The lowest BCUT2D eigenvalue weighted by atomic mass is 9.75. The Morgan fingerprint density at radius 3 is 2.37 bits per heavy atom. The molecule has 0 aromatic heterocycles. The van der Waals surface area contributed by atoms with Gasteiger partial charge in [-0.2, -0.15) is 0 Å². The average Bonchev–Trinajstić information content (AvgIpc) is 2.96. The number of rotatable bonds is 6. The molecule has 30 heavy (non-hydrogen) atoms. The van der Waals surface area contributed by atoms with Gasteiger partial charge in [-0.1, -0.05) is 31.0 Å². The number of hydrazine groups is 1. The molecule has 0 bridgehead atoms. The van der Waals surface area contributed by atoms with Gasteiger partial charge in [0.1, 0.15) is 12.1 Å². The van der Waals surface area contributed by atoms with E-state index >= 15 is 0 Å². The zero-order valence-corrected chi connectivity index (χ0v) is 17.4. The highest BCUT2D eigenvalue weighted by Crippen LogP contribution is 2.37. The summed E-state index contributed by atoms with van der Waals surface area (Å²) >= 11 is 0. The van der Waals surface area contributed by atoms with E-state index in [1.165, 1.54) is 0 Å². The molecule has 1 heterocycles. The number of aryl methyl sites for hydroxylation is 1. The molecule has 3 rings (SSSR count). The summed E-state index contributed by atoms with van der Waals surface area (Å²) in [6, 6.07) is 6.98. The number of imide groups is 1. The van der Waals surface area contributed by atoms with Gasteiger partial charge in [-0.05, 0) is 50.7 Å². The Balaban J connectivity index is 1.44. The summed E-state index contributed by atoms with van der Waals surface area (Å²) in [4.78, 5) is 50.1. The second-order valence-corrected chi connectivity index (χ2v) is 8.07. The molecule has 0 unspecified atom stereocenters. The molecule has 1 aliphatic heterocycles. The largest absolute Gasteiger partial charge is 0.376 e. The Morgan fingerprint density at radius 1 is 1.10 bits per heavy atom. The fraction of sp³-hybridized carbons (Fsp3) is 0.524. The number of hydrogen-bond acceptors (Lipinski definition) is 5. The number of hydrogen-bond donors (Lipinski definition) is 4. The number of carbonyl (C=O) groups is 4. The van der Waals surface area contributed by atoms with Crippen molar-refractivity contribution in [2.45, 2.75) is 51.5 Å². The van der Waals surface area contributed by atoms with E-state index in [1.807, 2.05) is 31.2 Å². The van der Waals surface area contributed by atoms with Crippen LogP contribution in [0, 0.1) is 12.8 Å². The van der Waals surface area contributed by atoms with Crippen molar-refractivity contribution >= 4 is 29.4 Å². The topological polar surface area (TPSA) is 120 Å². The highest BCUT2D eigenvalue weighted by molar-refractivity contribution is 6.09. The SMILES string of the molecule is CCC1CCC2(CC1)NC(=O)N(CC(=O)NNC(=O)CNc1ccc(C)cc1)C2=O. The normalized spacial score (nSPS) is 23.3. The van der Waals surface area contributed by atoms with Gasteiger partial charge in [0.25, 0.3) is 17.7 Å². The minimum Gasteiger partial charge on any atom is -0.376 e. The third-order valence-corrected chi connectivity index (χ3v) is 5.93. The monoisotopic (exact) mass is 415 g/mol.